The highest BCUT2D eigenvalue weighted by atomic mass is 79.9. The molecule has 0 aromatic heterocycles. The van der Waals surface area contributed by atoms with Gasteiger partial charge in [0.15, 0.2) is 0 Å². The van der Waals surface area contributed by atoms with Crippen molar-refractivity contribution < 1.29 is 0 Å². The van der Waals surface area contributed by atoms with E-state index in [4.69, 9.17) is 0 Å². The fourth-order valence-corrected chi connectivity index (χ4v) is 2.84. The van der Waals surface area contributed by atoms with Gasteiger partial charge in [-0.25, -0.2) is 0 Å². The van der Waals surface area contributed by atoms with Gasteiger partial charge >= 0.3 is 0 Å². The highest BCUT2D eigenvalue weighted by Gasteiger charge is 2.13. The molecule has 2 rings (SSSR count). The van der Waals surface area contributed by atoms with Crippen molar-refractivity contribution in [2.24, 2.45) is 5.92 Å². The van der Waals surface area contributed by atoms with Crippen molar-refractivity contribution in [3.05, 3.63) is 34.3 Å². The van der Waals surface area contributed by atoms with Gasteiger partial charge in [-0.05, 0) is 30.0 Å². The minimum atomic E-state index is 0.943. The molecule has 1 heteroatoms. The maximum absolute atomic E-state index is 3.53. The highest BCUT2D eigenvalue weighted by Crippen LogP contribution is 2.27. The molecule has 0 radical (unpaired) electrons. The Bertz CT molecular complexity index is 287. The van der Waals surface area contributed by atoms with E-state index >= 15 is 0 Å². The predicted molar refractivity (Wildman–Crippen MR) is 64.4 cm³/mol. The average Bonchev–Trinajstić information content (AvgIpc) is 2.19. The molecule has 0 heterocycles. The molecule has 0 bridgehead atoms. The van der Waals surface area contributed by atoms with Gasteiger partial charge in [0, 0.05) is 4.47 Å². The van der Waals surface area contributed by atoms with Crippen LogP contribution in [-0.2, 0) is 6.42 Å². The first-order valence-corrected chi connectivity index (χ1v) is 6.38. The van der Waals surface area contributed by atoms with Crippen LogP contribution in [0, 0.1) is 5.92 Å². The Morgan fingerprint density at radius 1 is 1.14 bits per heavy atom. The molecule has 0 saturated heterocycles. The molecule has 1 aromatic carbocycles. The largest absolute Gasteiger partial charge is 0.0609 e. The van der Waals surface area contributed by atoms with Crippen molar-refractivity contribution >= 4 is 15.9 Å². The van der Waals surface area contributed by atoms with Crippen LogP contribution in [0.3, 0.4) is 0 Å². The van der Waals surface area contributed by atoms with Crippen LogP contribution in [0.5, 0.6) is 0 Å². The summed E-state index contributed by atoms with van der Waals surface area (Å²) in [5.41, 5.74) is 1.49. The molecule has 0 nitrogen and oxygen atoms in total. The smallest absolute Gasteiger partial charge is 0.0177 e. The van der Waals surface area contributed by atoms with Gasteiger partial charge in [-0.15, -0.1) is 0 Å². The van der Waals surface area contributed by atoms with Gasteiger partial charge in [-0.2, -0.15) is 0 Å². The van der Waals surface area contributed by atoms with Crippen LogP contribution < -0.4 is 0 Å². The Kier molecular flexibility index (Phi) is 3.63. The normalized spacial score (nSPS) is 18.4. The second-order valence-electron chi connectivity index (χ2n) is 4.34. The molecule has 0 unspecified atom stereocenters. The molecule has 1 aliphatic rings. The van der Waals surface area contributed by atoms with Gasteiger partial charge in [0.2, 0.25) is 0 Å². The van der Waals surface area contributed by atoms with Gasteiger partial charge in [0.1, 0.15) is 0 Å². The maximum atomic E-state index is 3.53. The lowest BCUT2D eigenvalue weighted by Gasteiger charge is -2.21. The second-order valence-corrected chi connectivity index (χ2v) is 5.25. The zero-order valence-corrected chi connectivity index (χ0v) is 10.1. The fourth-order valence-electron chi connectivity index (χ4n) is 2.39. The molecule has 0 aliphatic heterocycles. The summed E-state index contributed by atoms with van der Waals surface area (Å²) >= 11 is 3.53. The molecular weight excluding hydrogens is 236 g/mol. The van der Waals surface area contributed by atoms with E-state index in [9.17, 15) is 0 Å². The van der Waals surface area contributed by atoms with Gasteiger partial charge < -0.3 is 0 Å². The van der Waals surface area contributed by atoms with Crippen molar-refractivity contribution in [1.29, 1.82) is 0 Å². The average molecular weight is 253 g/mol. The quantitative estimate of drug-likeness (QED) is 0.724. The first-order chi connectivity index (χ1) is 6.84. The summed E-state index contributed by atoms with van der Waals surface area (Å²) in [4.78, 5) is 0. The monoisotopic (exact) mass is 252 g/mol. The predicted octanol–water partition coefficient (Wildman–Crippen LogP) is 4.57. The molecule has 0 spiro atoms. The van der Waals surface area contributed by atoms with E-state index in [1.807, 2.05) is 0 Å². The standard InChI is InChI=1S/C13H17Br/c14-13-8-4-7-12(10-13)9-11-5-2-1-3-6-11/h4,7-8,10-11H,1-3,5-6,9H2. The van der Waals surface area contributed by atoms with Crippen molar-refractivity contribution in [3.63, 3.8) is 0 Å². The molecule has 1 saturated carbocycles. The van der Waals surface area contributed by atoms with Crippen molar-refractivity contribution in [2.75, 3.05) is 0 Å². The van der Waals surface area contributed by atoms with E-state index in [0.29, 0.717) is 0 Å². The molecule has 0 N–H and O–H groups in total. The fraction of sp³-hybridized carbons (Fsp3) is 0.538. The Labute approximate surface area is 94.8 Å². The molecule has 76 valence electrons. The third kappa shape index (κ3) is 2.84. The van der Waals surface area contributed by atoms with E-state index in [2.05, 4.69) is 40.2 Å². The zero-order chi connectivity index (χ0) is 9.80. The number of hydrogen-bond acceptors (Lipinski definition) is 0. The number of hydrogen-bond donors (Lipinski definition) is 0. The minimum absolute atomic E-state index is 0.943. The SMILES string of the molecule is Brc1cccc(CC2CCCCC2)c1. The molecular formula is C13H17Br. The van der Waals surface area contributed by atoms with Gasteiger partial charge in [0.05, 0.1) is 0 Å². The van der Waals surface area contributed by atoms with E-state index in [0.717, 1.165) is 5.92 Å². The summed E-state index contributed by atoms with van der Waals surface area (Å²) in [5.74, 6) is 0.943. The first-order valence-electron chi connectivity index (χ1n) is 5.59. The summed E-state index contributed by atoms with van der Waals surface area (Å²) in [6.07, 6.45) is 8.49. The van der Waals surface area contributed by atoms with Gasteiger partial charge in [-0.3, -0.25) is 0 Å². The summed E-state index contributed by atoms with van der Waals surface area (Å²) in [6, 6.07) is 8.75. The molecule has 14 heavy (non-hydrogen) atoms. The lowest BCUT2D eigenvalue weighted by atomic mass is 9.85. The number of rotatable bonds is 2. The van der Waals surface area contributed by atoms with Gasteiger partial charge in [0.25, 0.3) is 0 Å². The zero-order valence-electron chi connectivity index (χ0n) is 8.51. The van der Waals surface area contributed by atoms with Crippen LogP contribution >= 0.6 is 15.9 Å². The minimum Gasteiger partial charge on any atom is -0.0609 e. The molecule has 0 atom stereocenters. The summed E-state index contributed by atoms with van der Waals surface area (Å²) in [7, 11) is 0. The van der Waals surface area contributed by atoms with E-state index in [1.165, 1.54) is 48.6 Å². The van der Waals surface area contributed by atoms with Crippen LogP contribution in [0.4, 0.5) is 0 Å². The van der Waals surface area contributed by atoms with E-state index < -0.39 is 0 Å². The lowest BCUT2D eigenvalue weighted by molar-refractivity contribution is 0.356. The Hall–Kier alpha value is -0.300. The molecule has 1 aliphatic carbocycles. The maximum Gasteiger partial charge on any atom is 0.0177 e. The summed E-state index contributed by atoms with van der Waals surface area (Å²) in [6.45, 7) is 0. The first kappa shape index (κ1) is 10.2. The van der Waals surface area contributed by atoms with Crippen molar-refractivity contribution in [3.8, 4) is 0 Å². The van der Waals surface area contributed by atoms with Crippen LogP contribution in [-0.4, -0.2) is 0 Å². The number of benzene rings is 1. The highest BCUT2D eigenvalue weighted by molar-refractivity contribution is 9.10. The molecule has 1 fully saturated rings. The second kappa shape index (κ2) is 4.97. The van der Waals surface area contributed by atoms with Crippen LogP contribution in [0.1, 0.15) is 37.7 Å². The molecule has 1 aromatic rings. The Balaban J connectivity index is 1.95. The summed E-state index contributed by atoms with van der Waals surface area (Å²) in [5, 5.41) is 0. The Morgan fingerprint density at radius 3 is 2.64 bits per heavy atom. The summed E-state index contributed by atoms with van der Waals surface area (Å²) < 4.78 is 1.21. The topological polar surface area (TPSA) is 0 Å². The van der Waals surface area contributed by atoms with Gasteiger partial charge in [-0.1, -0.05) is 60.2 Å². The van der Waals surface area contributed by atoms with E-state index in [-0.39, 0.29) is 0 Å². The lowest BCUT2D eigenvalue weighted by Crippen LogP contribution is -2.09. The van der Waals surface area contributed by atoms with Crippen molar-refractivity contribution in [1.82, 2.24) is 0 Å². The molecule has 0 amide bonds. The number of halogens is 1. The van der Waals surface area contributed by atoms with E-state index in [1.54, 1.807) is 0 Å². The van der Waals surface area contributed by atoms with Crippen LogP contribution in [0.2, 0.25) is 0 Å². The van der Waals surface area contributed by atoms with Crippen LogP contribution in [0.25, 0.3) is 0 Å². The third-order valence-electron chi connectivity index (χ3n) is 3.14. The van der Waals surface area contributed by atoms with Crippen LogP contribution in [0.15, 0.2) is 28.7 Å². The third-order valence-corrected chi connectivity index (χ3v) is 3.63. The Morgan fingerprint density at radius 2 is 1.93 bits per heavy atom. The van der Waals surface area contributed by atoms with Crippen molar-refractivity contribution in [2.45, 2.75) is 38.5 Å².